The van der Waals surface area contributed by atoms with Crippen LogP contribution in [-0.2, 0) is 16.1 Å². The number of thiophene rings is 1. The molecule has 4 N–H and O–H groups in total. The van der Waals surface area contributed by atoms with E-state index in [0.717, 1.165) is 11.3 Å². The maximum Gasteiger partial charge on any atom is 0.327 e. The Morgan fingerprint density at radius 1 is 1.19 bits per heavy atom. The van der Waals surface area contributed by atoms with Crippen LogP contribution in [0.2, 0.25) is 0 Å². The van der Waals surface area contributed by atoms with Gasteiger partial charge >= 0.3 is 6.03 Å². The maximum atomic E-state index is 13.2. The van der Waals surface area contributed by atoms with Gasteiger partial charge in [-0.2, -0.15) is 0 Å². The first-order valence-electron chi connectivity index (χ1n) is 10.0. The van der Waals surface area contributed by atoms with Crippen LogP contribution in [0.3, 0.4) is 0 Å². The molecule has 1 aromatic carbocycles. The van der Waals surface area contributed by atoms with E-state index in [1.807, 2.05) is 17.5 Å². The van der Waals surface area contributed by atoms with E-state index in [4.69, 9.17) is 5.73 Å². The summed E-state index contributed by atoms with van der Waals surface area (Å²) in [7, 11) is 0. The molecular formula is C21H23N5O4S. The quantitative estimate of drug-likeness (QED) is 0.624. The van der Waals surface area contributed by atoms with E-state index in [9.17, 15) is 19.2 Å². The van der Waals surface area contributed by atoms with E-state index in [1.165, 1.54) is 33.3 Å². The van der Waals surface area contributed by atoms with E-state index < -0.39 is 18.0 Å². The molecule has 0 spiro atoms. The number of urea groups is 1. The Kier molecular flexibility index (Phi) is 6.01. The molecule has 2 atom stereocenters. The number of rotatable bonds is 6. The molecule has 31 heavy (non-hydrogen) atoms. The molecule has 10 heteroatoms. The highest BCUT2D eigenvalue weighted by atomic mass is 32.1. The topological polar surface area (TPSA) is 125 Å². The number of anilines is 1. The molecule has 2 aromatic rings. The van der Waals surface area contributed by atoms with Crippen LogP contribution in [0.5, 0.6) is 0 Å². The summed E-state index contributed by atoms with van der Waals surface area (Å²) in [6.07, 6.45) is 1.47. The number of fused-ring (bicyclic) bond motifs is 1. The Balaban J connectivity index is 1.50. The van der Waals surface area contributed by atoms with Gasteiger partial charge in [-0.15, -0.1) is 11.3 Å². The number of nitrogens with two attached hydrogens (primary N) is 1. The van der Waals surface area contributed by atoms with Gasteiger partial charge in [0.25, 0.3) is 0 Å². The fourth-order valence-corrected chi connectivity index (χ4v) is 4.67. The molecule has 162 valence electrons. The van der Waals surface area contributed by atoms with Crippen molar-refractivity contribution >= 4 is 40.8 Å². The molecule has 5 amide bonds. The van der Waals surface area contributed by atoms with Crippen LogP contribution in [0, 0.1) is 0 Å². The average molecular weight is 442 g/mol. The summed E-state index contributed by atoms with van der Waals surface area (Å²) in [5.74, 6) is -1.18. The third kappa shape index (κ3) is 4.44. The first-order valence-corrected chi connectivity index (χ1v) is 10.9. The summed E-state index contributed by atoms with van der Waals surface area (Å²) in [4.78, 5) is 53.7. The lowest BCUT2D eigenvalue weighted by atomic mass is 9.93. The molecular weight excluding hydrogens is 418 g/mol. The zero-order chi connectivity index (χ0) is 22.0. The fraction of sp³-hybridized carbons (Fsp3) is 0.333. The van der Waals surface area contributed by atoms with Crippen LogP contribution < -0.4 is 16.4 Å². The van der Waals surface area contributed by atoms with Gasteiger partial charge < -0.3 is 21.3 Å². The van der Waals surface area contributed by atoms with Crippen LogP contribution in [0.15, 0.2) is 41.8 Å². The number of hydrogen-bond acceptors (Lipinski definition) is 6. The SMILES string of the molecule is NC(=O)c1ccc(NC(=O)CN2C(=O)N(Cc3cccs3)C(=O)C3NCCCC32)cc1. The maximum absolute atomic E-state index is 13.2. The van der Waals surface area contributed by atoms with Crippen molar-refractivity contribution < 1.29 is 19.2 Å². The van der Waals surface area contributed by atoms with Crippen molar-refractivity contribution in [3.63, 3.8) is 0 Å². The third-order valence-corrected chi connectivity index (χ3v) is 6.36. The summed E-state index contributed by atoms with van der Waals surface area (Å²) in [5.41, 5.74) is 6.06. The molecule has 1 aromatic heterocycles. The summed E-state index contributed by atoms with van der Waals surface area (Å²) in [5, 5.41) is 7.84. The number of benzene rings is 1. The van der Waals surface area contributed by atoms with Crippen LogP contribution >= 0.6 is 11.3 Å². The Hall–Kier alpha value is -3.24. The second-order valence-electron chi connectivity index (χ2n) is 7.55. The summed E-state index contributed by atoms with van der Waals surface area (Å²) in [6, 6.07) is 8.60. The van der Waals surface area contributed by atoms with Crippen molar-refractivity contribution in [3.05, 3.63) is 52.2 Å². The average Bonchev–Trinajstić information content (AvgIpc) is 3.28. The predicted molar refractivity (Wildman–Crippen MR) is 115 cm³/mol. The van der Waals surface area contributed by atoms with Crippen LogP contribution in [0.25, 0.3) is 0 Å². The van der Waals surface area contributed by atoms with Crippen molar-refractivity contribution in [1.29, 1.82) is 0 Å². The first-order chi connectivity index (χ1) is 14.9. The summed E-state index contributed by atoms with van der Waals surface area (Å²) in [6.45, 7) is 0.709. The molecule has 0 aliphatic carbocycles. The van der Waals surface area contributed by atoms with E-state index in [0.29, 0.717) is 24.2 Å². The van der Waals surface area contributed by atoms with Gasteiger partial charge in [0.05, 0.1) is 12.6 Å². The number of nitrogens with zero attached hydrogens (tertiary/aromatic N) is 2. The molecule has 2 aliphatic heterocycles. The number of imide groups is 1. The third-order valence-electron chi connectivity index (χ3n) is 5.50. The van der Waals surface area contributed by atoms with Crippen LogP contribution in [-0.4, -0.2) is 58.7 Å². The second-order valence-corrected chi connectivity index (χ2v) is 8.58. The van der Waals surface area contributed by atoms with Gasteiger partial charge in [-0.05, 0) is 55.1 Å². The smallest absolute Gasteiger partial charge is 0.327 e. The first kappa shape index (κ1) is 21.0. The Morgan fingerprint density at radius 3 is 2.65 bits per heavy atom. The van der Waals surface area contributed by atoms with Crippen molar-refractivity contribution in [1.82, 2.24) is 15.1 Å². The van der Waals surface area contributed by atoms with E-state index in [2.05, 4.69) is 10.6 Å². The number of carbonyl (C=O) groups is 4. The minimum Gasteiger partial charge on any atom is -0.366 e. The summed E-state index contributed by atoms with van der Waals surface area (Å²) >= 11 is 1.47. The zero-order valence-electron chi connectivity index (χ0n) is 16.7. The zero-order valence-corrected chi connectivity index (χ0v) is 17.6. The molecule has 9 nitrogen and oxygen atoms in total. The van der Waals surface area contributed by atoms with E-state index in [-0.39, 0.29) is 30.9 Å². The molecule has 2 saturated heterocycles. The highest BCUT2D eigenvalue weighted by molar-refractivity contribution is 7.09. The van der Waals surface area contributed by atoms with Crippen LogP contribution in [0.1, 0.15) is 28.1 Å². The second kappa shape index (κ2) is 8.86. The van der Waals surface area contributed by atoms with Crippen molar-refractivity contribution in [2.45, 2.75) is 31.5 Å². The van der Waals surface area contributed by atoms with E-state index in [1.54, 1.807) is 12.1 Å². The van der Waals surface area contributed by atoms with Crippen LogP contribution in [0.4, 0.5) is 10.5 Å². The van der Waals surface area contributed by atoms with Crippen molar-refractivity contribution in [2.75, 3.05) is 18.4 Å². The molecule has 4 rings (SSSR count). The Morgan fingerprint density at radius 2 is 1.97 bits per heavy atom. The largest absolute Gasteiger partial charge is 0.366 e. The molecule has 2 unspecified atom stereocenters. The number of piperidine rings is 1. The lowest BCUT2D eigenvalue weighted by molar-refractivity contribution is -0.138. The van der Waals surface area contributed by atoms with Gasteiger partial charge in [-0.1, -0.05) is 6.07 Å². The Bertz CT molecular complexity index is 992. The molecule has 3 heterocycles. The molecule has 0 radical (unpaired) electrons. The van der Waals surface area contributed by atoms with E-state index >= 15 is 0 Å². The van der Waals surface area contributed by atoms with Gasteiger partial charge in [0.1, 0.15) is 12.6 Å². The minimum absolute atomic E-state index is 0.173. The van der Waals surface area contributed by atoms with Gasteiger partial charge in [-0.3, -0.25) is 19.3 Å². The van der Waals surface area contributed by atoms with Crippen molar-refractivity contribution in [3.8, 4) is 0 Å². The standard InChI is InChI=1S/C21H23N5O4S/c22-19(28)13-5-7-14(8-6-13)24-17(27)12-25-16-4-1-9-23-18(16)20(29)26(21(25)30)11-15-3-2-10-31-15/h2-3,5-8,10,16,18,23H,1,4,9,11-12H2,(H2,22,28)(H,24,27). The summed E-state index contributed by atoms with van der Waals surface area (Å²) < 4.78 is 0. The number of primary amides is 1. The lowest BCUT2D eigenvalue weighted by Crippen LogP contribution is -2.69. The normalized spacial score (nSPS) is 21.0. The number of amides is 5. The van der Waals surface area contributed by atoms with Gasteiger partial charge in [0.2, 0.25) is 17.7 Å². The molecule has 0 saturated carbocycles. The minimum atomic E-state index is -0.553. The van der Waals surface area contributed by atoms with Gasteiger partial charge in [-0.25, -0.2) is 4.79 Å². The lowest BCUT2D eigenvalue weighted by Gasteiger charge is -2.46. The molecule has 2 fully saturated rings. The highest BCUT2D eigenvalue weighted by Gasteiger charge is 2.47. The predicted octanol–water partition coefficient (Wildman–Crippen LogP) is 1.37. The fourth-order valence-electron chi connectivity index (χ4n) is 3.98. The number of hydrogen-bond donors (Lipinski definition) is 3. The van der Waals surface area contributed by atoms with Gasteiger partial charge in [0, 0.05) is 16.1 Å². The number of carbonyl (C=O) groups excluding carboxylic acids is 4. The van der Waals surface area contributed by atoms with Crippen molar-refractivity contribution in [2.24, 2.45) is 5.73 Å². The highest BCUT2D eigenvalue weighted by Crippen LogP contribution is 2.26. The Labute approximate surface area is 183 Å². The molecule has 0 bridgehead atoms. The monoisotopic (exact) mass is 441 g/mol. The number of nitrogens with one attached hydrogen (secondary N) is 2. The van der Waals surface area contributed by atoms with Gasteiger partial charge in [0.15, 0.2) is 0 Å². The molecule has 2 aliphatic rings.